The van der Waals surface area contributed by atoms with Crippen LogP contribution in [0.4, 0.5) is 5.13 Å². The van der Waals surface area contributed by atoms with Crippen LogP contribution in [0.2, 0.25) is 0 Å². The van der Waals surface area contributed by atoms with Gasteiger partial charge in [-0.1, -0.05) is 17.8 Å². The predicted molar refractivity (Wildman–Crippen MR) is 61.1 cm³/mol. The molecule has 4 heteroatoms. The first kappa shape index (κ1) is 9.60. The van der Waals surface area contributed by atoms with Crippen LogP contribution in [-0.2, 0) is 6.61 Å². The van der Waals surface area contributed by atoms with Gasteiger partial charge in [0, 0.05) is 19.3 Å². The number of aliphatic hydroxyl groups excluding tert-OH is 1. The monoisotopic (exact) mass is 224 g/mol. The van der Waals surface area contributed by atoms with E-state index >= 15 is 0 Å². The first-order valence-corrected chi connectivity index (χ1v) is 6.49. The molecule has 1 saturated heterocycles. The molecule has 15 heavy (non-hydrogen) atoms. The second-order valence-corrected chi connectivity index (χ2v) is 5.72. The van der Waals surface area contributed by atoms with Gasteiger partial charge < -0.3 is 10.0 Å². The van der Waals surface area contributed by atoms with E-state index in [0.717, 1.165) is 21.8 Å². The van der Waals surface area contributed by atoms with Gasteiger partial charge in [-0.2, -0.15) is 0 Å². The summed E-state index contributed by atoms with van der Waals surface area (Å²) in [6, 6.07) is 0. The van der Waals surface area contributed by atoms with Gasteiger partial charge in [0.2, 0.25) is 0 Å². The second-order valence-electron chi connectivity index (χ2n) is 4.62. The minimum absolute atomic E-state index is 0.123. The fourth-order valence-corrected chi connectivity index (χ4v) is 3.70. The summed E-state index contributed by atoms with van der Waals surface area (Å²) in [5, 5.41) is 10.1. The highest BCUT2D eigenvalue weighted by Crippen LogP contribution is 2.40. The van der Waals surface area contributed by atoms with Crippen LogP contribution in [0.25, 0.3) is 0 Å². The van der Waals surface area contributed by atoms with E-state index in [1.165, 1.54) is 32.4 Å². The zero-order valence-corrected chi connectivity index (χ0v) is 9.54. The average molecular weight is 224 g/mol. The standard InChI is InChI=1S/C11H16N2OS/c14-7-10-4-12-11(15-10)13-5-8-2-1-3-9(8)6-13/h4,8-9,14H,1-3,5-7H2. The van der Waals surface area contributed by atoms with E-state index in [2.05, 4.69) is 9.88 Å². The zero-order chi connectivity index (χ0) is 10.3. The van der Waals surface area contributed by atoms with Crippen molar-refractivity contribution in [1.29, 1.82) is 0 Å². The van der Waals surface area contributed by atoms with E-state index in [1.54, 1.807) is 17.5 Å². The quantitative estimate of drug-likeness (QED) is 0.833. The third-order valence-electron chi connectivity index (χ3n) is 3.69. The van der Waals surface area contributed by atoms with Gasteiger partial charge in [0.05, 0.1) is 11.5 Å². The van der Waals surface area contributed by atoms with Crippen molar-refractivity contribution in [2.75, 3.05) is 18.0 Å². The summed E-state index contributed by atoms with van der Waals surface area (Å²) in [6.07, 6.45) is 6.02. The van der Waals surface area contributed by atoms with Gasteiger partial charge in [0.15, 0.2) is 5.13 Å². The summed E-state index contributed by atoms with van der Waals surface area (Å²) in [5.41, 5.74) is 0. The summed E-state index contributed by atoms with van der Waals surface area (Å²) in [5.74, 6) is 1.82. The fourth-order valence-electron chi connectivity index (χ4n) is 2.91. The molecular formula is C11H16N2OS. The zero-order valence-electron chi connectivity index (χ0n) is 8.72. The maximum Gasteiger partial charge on any atom is 0.185 e. The second kappa shape index (κ2) is 3.76. The maximum atomic E-state index is 9.01. The predicted octanol–water partition coefficient (Wildman–Crippen LogP) is 1.87. The van der Waals surface area contributed by atoms with Crippen LogP contribution in [0.1, 0.15) is 24.1 Å². The number of aromatic nitrogens is 1. The van der Waals surface area contributed by atoms with E-state index < -0.39 is 0 Å². The summed E-state index contributed by atoms with van der Waals surface area (Å²) in [6.45, 7) is 2.49. The van der Waals surface area contributed by atoms with E-state index in [9.17, 15) is 0 Å². The molecule has 0 radical (unpaired) electrons. The van der Waals surface area contributed by atoms with Crippen molar-refractivity contribution in [3.8, 4) is 0 Å². The average Bonchev–Trinajstić information content (AvgIpc) is 2.91. The van der Waals surface area contributed by atoms with E-state index in [4.69, 9.17) is 5.11 Å². The number of hydrogen-bond donors (Lipinski definition) is 1. The molecule has 2 heterocycles. The lowest BCUT2D eigenvalue weighted by molar-refractivity contribution is 0.285. The number of aliphatic hydroxyl groups is 1. The minimum atomic E-state index is 0.123. The van der Waals surface area contributed by atoms with Gasteiger partial charge in [-0.25, -0.2) is 4.98 Å². The van der Waals surface area contributed by atoms with Crippen molar-refractivity contribution < 1.29 is 5.11 Å². The molecule has 1 aromatic rings. The van der Waals surface area contributed by atoms with Crippen LogP contribution in [0.3, 0.4) is 0 Å². The lowest BCUT2D eigenvalue weighted by Gasteiger charge is -2.15. The molecule has 2 fully saturated rings. The van der Waals surface area contributed by atoms with Gasteiger partial charge in [-0.15, -0.1) is 0 Å². The Kier molecular flexibility index (Phi) is 2.41. The van der Waals surface area contributed by atoms with Crippen molar-refractivity contribution >= 4 is 16.5 Å². The molecule has 2 aliphatic rings. The fraction of sp³-hybridized carbons (Fsp3) is 0.727. The molecule has 82 valence electrons. The Morgan fingerprint density at radius 2 is 2.13 bits per heavy atom. The normalized spacial score (nSPS) is 29.8. The molecule has 0 spiro atoms. The third kappa shape index (κ3) is 1.66. The Morgan fingerprint density at radius 1 is 1.40 bits per heavy atom. The van der Waals surface area contributed by atoms with E-state index in [0.29, 0.717) is 0 Å². The molecule has 3 rings (SSSR count). The van der Waals surface area contributed by atoms with Crippen molar-refractivity contribution in [2.24, 2.45) is 11.8 Å². The Balaban J connectivity index is 1.73. The Hall–Kier alpha value is -0.610. The highest BCUT2D eigenvalue weighted by Gasteiger charge is 2.36. The van der Waals surface area contributed by atoms with Crippen molar-refractivity contribution in [2.45, 2.75) is 25.9 Å². The van der Waals surface area contributed by atoms with Crippen LogP contribution in [0, 0.1) is 11.8 Å². The minimum Gasteiger partial charge on any atom is -0.391 e. The molecule has 1 N–H and O–H groups in total. The van der Waals surface area contributed by atoms with Crippen LogP contribution < -0.4 is 4.90 Å². The number of nitrogens with zero attached hydrogens (tertiary/aromatic N) is 2. The highest BCUT2D eigenvalue weighted by molar-refractivity contribution is 7.15. The summed E-state index contributed by atoms with van der Waals surface area (Å²) in [4.78, 5) is 7.76. The number of anilines is 1. The van der Waals surface area contributed by atoms with Gasteiger partial charge in [-0.3, -0.25) is 0 Å². The maximum absolute atomic E-state index is 9.01. The smallest absolute Gasteiger partial charge is 0.185 e. The molecule has 2 unspecified atom stereocenters. The topological polar surface area (TPSA) is 36.4 Å². The Bertz CT molecular complexity index is 340. The highest BCUT2D eigenvalue weighted by atomic mass is 32.1. The first-order chi connectivity index (χ1) is 7.36. The van der Waals surface area contributed by atoms with Crippen molar-refractivity contribution in [3.63, 3.8) is 0 Å². The molecule has 0 aromatic carbocycles. The van der Waals surface area contributed by atoms with Gasteiger partial charge in [0.1, 0.15) is 0 Å². The van der Waals surface area contributed by atoms with Gasteiger partial charge in [-0.05, 0) is 24.7 Å². The molecule has 0 amide bonds. The number of rotatable bonds is 2. The lowest BCUT2D eigenvalue weighted by atomic mass is 10.0. The van der Waals surface area contributed by atoms with Crippen molar-refractivity contribution in [1.82, 2.24) is 4.98 Å². The molecule has 1 aliphatic heterocycles. The largest absolute Gasteiger partial charge is 0.391 e. The summed E-state index contributed by atoms with van der Waals surface area (Å²) >= 11 is 1.63. The van der Waals surface area contributed by atoms with E-state index in [-0.39, 0.29) is 6.61 Å². The van der Waals surface area contributed by atoms with Gasteiger partial charge in [0.25, 0.3) is 0 Å². The number of hydrogen-bond acceptors (Lipinski definition) is 4. The molecule has 1 saturated carbocycles. The SMILES string of the molecule is OCc1cnc(N2CC3CCCC3C2)s1. The molecule has 0 bridgehead atoms. The van der Waals surface area contributed by atoms with E-state index in [1.807, 2.05) is 0 Å². The number of thiazole rings is 1. The Morgan fingerprint density at radius 3 is 2.73 bits per heavy atom. The molecule has 2 atom stereocenters. The molecule has 3 nitrogen and oxygen atoms in total. The van der Waals surface area contributed by atoms with Crippen LogP contribution in [0.15, 0.2) is 6.20 Å². The summed E-state index contributed by atoms with van der Waals surface area (Å²) in [7, 11) is 0. The molecule has 1 aliphatic carbocycles. The molecular weight excluding hydrogens is 208 g/mol. The van der Waals surface area contributed by atoms with Gasteiger partial charge >= 0.3 is 0 Å². The number of fused-ring (bicyclic) bond motifs is 1. The van der Waals surface area contributed by atoms with Crippen LogP contribution in [0.5, 0.6) is 0 Å². The molecule has 1 aromatic heterocycles. The third-order valence-corrected chi connectivity index (χ3v) is 4.74. The summed E-state index contributed by atoms with van der Waals surface area (Å²) < 4.78 is 0. The van der Waals surface area contributed by atoms with Crippen LogP contribution in [-0.4, -0.2) is 23.2 Å². The Labute approximate surface area is 93.8 Å². The van der Waals surface area contributed by atoms with Crippen molar-refractivity contribution in [3.05, 3.63) is 11.1 Å². The first-order valence-electron chi connectivity index (χ1n) is 5.67. The lowest BCUT2D eigenvalue weighted by Crippen LogP contribution is -2.20. The van der Waals surface area contributed by atoms with Crippen LogP contribution >= 0.6 is 11.3 Å².